The minimum Gasteiger partial charge on any atom is -0.484 e. The number of para-hydroxylation sites is 1. The third kappa shape index (κ3) is 4.66. The van der Waals surface area contributed by atoms with Crippen LogP contribution in [-0.4, -0.2) is 39.1 Å². The van der Waals surface area contributed by atoms with Crippen molar-refractivity contribution in [3.63, 3.8) is 0 Å². The number of likely N-dealkylation sites (tertiary alicyclic amines) is 1. The van der Waals surface area contributed by atoms with Crippen LogP contribution in [-0.2, 0) is 11.2 Å². The first-order chi connectivity index (χ1) is 15.6. The second-order valence-corrected chi connectivity index (χ2v) is 8.26. The number of ether oxygens (including phenoxy) is 1. The van der Waals surface area contributed by atoms with Gasteiger partial charge in [-0.25, -0.2) is 9.97 Å². The third-order valence-electron chi connectivity index (χ3n) is 5.99. The van der Waals surface area contributed by atoms with E-state index in [9.17, 15) is 4.79 Å². The summed E-state index contributed by atoms with van der Waals surface area (Å²) in [5.41, 5.74) is 3.47. The summed E-state index contributed by atoms with van der Waals surface area (Å²) in [6, 6.07) is 9.29. The number of piperidine rings is 1. The van der Waals surface area contributed by atoms with Gasteiger partial charge in [0.15, 0.2) is 12.4 Å². The molecular formula is C25H30N4O3. The van der Waals surface area contributed by atoms with Crippen LogP contribution in [0.15, 0.2) is 41.1 Å². The molecule has 32 heavy (non-hydrogen) atoms. The van der Waals surface area contributed by atoms with E-state index in [1.807, 2.05) is 55.3 Å². The number of benzene rings is 1. The van der Waals surface area contributed by atoms with E-state index in [4.69, 9.17) is 14.2 Å². The highest BCUT2D eigenvalue weighted by molar-refractivity contribution is 5.79. The zero-order chi connectivity index (χ0) is 22.5. The maximum atomic E-state index is 13.2. The monoisotopic (exact) mass is 434 g/mol. The van der Waals surface area contributed by atoms with Crippen LogP contribution in [0.25, 0.3) is 11.3 Å². The van der Waals surface area contributed by atoms with Crippen molar-refractivity contribution in [3.8, 4) is 17.1 Å². The number of aryl methyl sites for hydroxylation is 2. The molecule has 7 heteroatoms. The van der Waals surface area contributed by atoms with Gasteiger partial charge < -0.3 is 14.2 Å². The first kappa shape index (κ1) is 22.0. The number of carbonyl (C=O) groups excluding carboxylic acids is 1. The molecular weight excluding hydrogens is 404 g/mol. The van der Waals surface area contributed by atoms with Gasteiger partial charge in [0, 0.05) is 24.7 Å². The summed E-state index contributed by atoms with van der Waals surface area (Å²) in [6.07, 6.45) is 6.43. The Morgan fingerprint density at radius 3 is 2.75 bits per heavy atom. The molecule has 0 aliphatic carbocycles. The summed E-state index contributed by atoms with van der Waals surface area (Å²) >= 11 is 0. The smallest absolute Gasteiger partial charge is 0.261 e. The van der Waals surface area contributed by atoms with Crippen LogP contribution in [0.5, 0.6) is 5.75 Å². The molecule has 0 saturated carbocycles. The standard InChI is InChI=1S/C25H30N4O3/c1-4-10-22-26-15-20(25-17(2)18(3)28-32-25)24(27-22)21-13-8-9-14-29(21)23(30)16-31-19-11-6-5-7-12-19/h5-7,11-12,15,21H,4,8-10,13-14,16H2,1-3H3/t21-/m0/s1. The molecule has 4 rings (SSSR count). The zero-order valence-corrected chi connectivity index (χ0v) is 19.0. The van der Waals surface area contributed by atoms with E-state index < -0.39 is 0 Å². The number of hydrogen-bond donors (Lipinski definition) is 0. The molecule has 2 aromatic heterocycles. The Kier molecular flexibility index (Phi) is 6.83. The quantitative estimate of drug-likeness (QED) is 0.530. The molecule has 3 aromatic rings. The fourth-order valence-electron chi connectivity index (χ4n) is 4.13. The van der Waals surface area contributed by atoms with E-state index in [0.29, 0.717) is 18.1 Å². The molecule has 0 bridgehead atoms. The molecule has 0 N–H and O–H groups in total. The summed E-state index contributed by atoms with van der Waals surface area (Å²) in [5, 5.41) is 4.12. The van der Waals surface area contributed by atoms with E-state index in [0.717, 1.165) is 60.4 Å². The third-order valence-corrected chi connectivity index (χ3v) is 5.99. The van der Waals surface area contributed by atoms with Crippen molar-refractivity contribution in [1.82, 2.24) is 20.0 Å². The molecule has 1 fully saturated rings. The highest BCUT2D eigenvalue weighted by Gasteiger charge is 2.33. The molecule has 1 aliphatic rings. The van der Waals surface area contributed by atoms with Crippen molar-refractivity contribution in [3.05, 3.63) is 59.3 Å². The minimum atomic E-state index is -0.144. The first-order valence-corrected chi connectivity index (χ1v) is 11.3. The van der Waals surface area contributed by atoms with Crippen molar-refractivity contribution in [2.45, 2.75) is 58.9 Å². The van der Waals surface area contributed by atoms with Gasteiger partial charge in [-0.3, -0.25) is 4.79 Å². The molecule has 1 amide bonds. The fraction of sp³-hybridized carbons (Fsp3) is 0.440. The molecule has 3 heterocycles. The van der Waals surface area contributed by atoms with Crippen LogP contribution < -0.4 is 4.74 Å². The Hall–Kier alpha value is -3.22. The maximum absolute atomic E-state index is 13.2. The van der Waals surface area contributed by atoms with Gasteiger partial charge in [0.2, 0.25) is 0 Å². The number of aromatic nitrogens is 3. The lowest BCUT2D eigenvalue weighted by molar-refractivity contribution is -0.137. The Morgan fingerprint density at radius 2 is 2.03 bits per heavy atom. The van der Waals surface area contributed by atoms with Crippen LogP contribution in [0.1, 0.15) is 61.4 Å². The Balaban J connectivity index is 1.66. The molecule has 1 saturated heterocycles. The van der Waals surface area contributed by atoms with Gasteiger partial charge in [0.05, 0.1) is 23.0 Å². The summed E-state index contributed by atoms with van der Waals surface area (Å²) in [6.45, 7) is 6.71. The summed E-state index contributed by atoms with van der Waals surface area (Å²) in [7, 11) is 0. The molecule has 0 unspecified atom stereocenters. The van der Waals surface area contributed by atoms with Crippen molar-refractivity contribution < 1.29 is 14.1 Å². The van der Waals surface area contributed by atoms with E-state index in [2.05, 4.69) is 17.1 Å². The molecule has 0 spiro atoms. The van der Waals surface area contributed by atoms with Gasteiger partial charge in [0.25, 0.3) is 5.91 Å². The normalized spacial score (nSPS) is 16.2. The van der Waals surface area contributed by atoms with Gasteiger partial charge >= 0.3 is 0 Å². The van der Waals surface area contributed by atoms with Gasteiger partial charge in [-0.1, -0.05) is 30.3 Å². The van der Waals surface area contributed by atoms with Gasteiger partial charge in [-0.2, -0.15) is 0 Å². The predicted molar refractivity (Wildman–Crippen MR) is 121 cm³/mol. The average Bonchev–Trinajstić information content (AvgIpc) is 3.16. The summed E-state index contributed by atoms with van der Waals surface area (Å²) < 4.78 is 11.4. The second kappa shape index (κ2) is 9.94. The maximum Gasteiger partial charge on any atom is 0.261 e. The van der Waals surface area contributed by atoms with Crippen molar-refractivity contribution in [2.24, 2.45) is 0 Å². The van der Waals surface area contributed by atoms with Crippen LogP contribution in [0, 0.1) is 13.8 Å². The number of hydrogen-bond acceptors (Lipinski definition) is 6. The molecule has 1 aromatic carbocycles. The molecule has 1 atom stereocenters. The molecule has 1 aliphatic heterocycles. The zero-order valence-electron chi connectivity index (χ0n) is 19.0. The van der Waals surface area contributed by atoms with E-state index in [-0.39, 0.29) is 18.6 Å². The van der Waals surface area contributed by atoms with E-state index in [1.54, 1.807) is 0 Å². The number of carbonyl (C=O) groups is 1. The lowest BCUT2D eigenvalue weighted by atomic mass is 9.94. The molecule has 168 valence electrons. The van der Waals surface area contributed by atoms with E-state index >= 15 is 0 Å². The van der Waals surface area contributed by atoms with Crippen LogP contribution in [0.3, 0.4) is 0 Å². The topological polar surface area (TPSA) is 81.4 Å². The Morgan fingerprint density at radius 1 is 1.22 bits per heavy atom. The minimum absolute atomic E-state index is 0.00317. The van der Waals surface area contributed by atoms with E-state index in [1.165, 1.54) is 0 Å². The van der Waals surface area contributed by atoms with Crippen molar-refractivity contribution >= 4 is 5.91 Å². The number of amides is 1. The highest BCUT2D eigenvalue weighted by atomic mass is 16.5. The van der Waals surface area contributed by atoms with Crippen molar-refractivity contribution in [1.29, 1.82) is 0 Å². The lowest BCUT2D eigenvalue weighted by Crippen LogP contribution is -2.41. The fourth-order valence-corrected chi connectivity index (χ4v) is 4.13. The number of rotatable bonds is 7. The van der Waals surface area contributed by atoms with Crippen LogP contribution >= 0.6 is 0 Å². The van der Waals surface area contributed by atoms with Gasteiger partial charge in [-0.15, -0.1) is 0 Å². The highest BCUT2D eigenvalue weighted by Crippen LogP contribution is 2.37. The lowest BCUT2D eigenvalue weighted by Gasteiger charge is -2.36. The van der Waals surface area contributed by atoms with Crippen LogP contribution in [0.4, 0.5) is 0 Å². The molecule has 0 radical (unpaired) electrons. The molecule has 7 nitrogen and oxygen atoms in total. The van der Waals surface area contributed by atoms with Crippen LogP contribution in [0.2, 0.25) is 0 Å². The van der Waals surface area contributed by atoms with Gasteiger partial charge in [-0.05, 0) is 51.7 Å². The summed E-state index contributed by atoms with van der Waals surface area (Å²) in [4.78, 5) is 24.6. The largest absolute Gasteiger partial charge is 0.484 e. The SMILES string of the molecule is CCCc1ncc(-c2onc(C)c2C)c([C@@H]2CCCCN2C(=O)COc2ccccc2)n1. The Bertz CT molecular complexity index is 1060. The first-order valence-electron chi connectivity index (χ1n) is 11.3. The van der Waals surface area contributed by atoms with Crippen molar-refractivity contribution in [2.75, 3.05) is 13.2 Å². The summed E-state index contributed by atoms with van der Waals surface area (Å²) in [5.74, 6) is 2.12. The Labute approximate surface area is 188 Å². The average molecular weight is 435 g/mol. The van der Waals surface area contributed by atoms with Gasteiger partial charge in [0.1, 0.15) is 11.6 Å². The predicted octanol–water partition coefficient (Wildman–Crippen LogP) is 4.83. The second-order valence-electron chi connectivity index (χ2n) is 8.26. The number of nitrogens with zero attached hydrogens (tertiary/aromatic N) is 4.